The summed E-state index contributed by atoms with van der Waals surface area (Å²) in [6.07, 6.45) is 8.03. The molecule has 0 spiro atoms. The van der Waals surface area contributed by atoms with Crippen molar-refractivity contribution >= 4 is 5.69 Å². The Labute approximate surface area is 226 Å². The van der Waals surface area contributed by atoms with Crippen molar-refractivity contribution in [3.05, 3.63) is 120 Å². The van der Waals surface area contributed by atoms with E-state index in [1.165, 1.54) is 5.56 Å². The van der Waals surface area contributed by atoms with E-state index in [1.54, 1.807) is 10.9 Å². The Kier molecular flexibility index (Phi) is 6.97. The molecule has 0 fully saturated rings. The maximum Gasteiger partial charge on any atom is 0.237 e. The fourth-order valence-corrected chi connectivity index (χ4v) is 4.74. The number of aromatic nitrogens is 4. The smallest absolute Gasteiger partial charge is 0.237 e. The lowest BCUT2D eigenvalue weighted by Crippen LogP contribution is -2.43. The van der Waals surface area contributed by atoms with Gasteiger partial charge >= 0.3 is 0 Å². The van der Waals surface area contributed by atoms with Crippen molar-refractivity contribution in [1.29, 1.82) is 5.26 Å². The molecular formula is C31H27N7O. The van der Waals surface area contributed by atoms with E-state index in [9.17, 15) is 0 Å². The molecule has 0 aliphatic carbocycles. The molecule has 4 heterocycles. The molecule has 5 aromatic rings. The highest BCUT2D eigenvalue weighted by Gasteiger charge is 2.29. The monoisotopic (exact) mass is 513 g/mol. The number of rotatable bonds is 8. The zero-order valence-corrected chi connectivity index (χ0v) is 21.2. The van der Waals surface area contributed by atoms with Gasteiger partial charge in [-0.3, -0.25) is 0 Å². The predicted octanol–water partition coefficient (Wildman–Crippen LogP) is 4.95. The van der Waals surface area contributed by atoms with Gasteiger partial charge in [-0.2, -0.15) is 10.4 Å². The van der Waals surface area contributed by atoms with Gasteiger partial charge in [-0.15, -0.1) is 0 Å². The van der Waals surface area contributed by atoms with Crippen LogP contribution in [0.25, 0.3) is 16.9 Å². The van der Waals surface area contributed by atoms with Crippen LogP contribution in [0.3, 0.4) is 0 Å². The van der Waals surface area contributed by atoms with Crippen LogP contribution in [0, 0.1) is 11.3 Å². The third-order valence-electron chi connectivity index (χ3n) is 6.80. The lowest BCUT2D eigenvalue weighted by atomic mass is 9.99. The summed E-state index contributed by atoms with van der Waals surface area (Å²) in [5.41, 5.74) is 5.77. The van der Waals surface area contributed by atoms with E-state index in [2.05, 4.69) is 43.9 Å². The van der Waals surface area contributed by atoms with Gasteiger partial charge in [-0.1, -0.05) is 48.5 Å². The number of pyridine rings is 2. The minimum atomic E-state index is -0.147. The number of ether oxygens (including phenoxy) is 1. The van der Waals surface area contributed by atoms with E-state index in [0.717, 1.165) is 41.2 Å². The highest BCUT2D eigenvalue weighted by molar-refractivity contribution is 5.69. The summed E-state index contributed by atoms with van der Waals surface area (Å²) in [5, 5.41) is 20.7. The first kappa shape index (κ1) is 24.3. The van der Waals surface area contributed by atoms with Crippen molar-refractivity contribution < 1.29 is 4.74 Å². The number of hydrogen-bond donors (Lipinski definition) is 2. The van der Waals surface area contributed by atoms with Crippen molar-refractivity contribution in [2.45, 2.75) is 18.6 Å². The second-order valence-corrected chi connectivity index (χ2v) is 9.38. The average Bonchev–Trinajstić information content (AvgIpc) is 3.51. The fourth-order valence-electron chi connectivity index (χ4n) is 4.74. The molecule has 2 aromatic carbocycles. The third kappa shape index (κ3) is 5.49. The topological polar surface area (TPSA) is 101 Å². The lowest BCUT2D eigenvalue weighted by molar-refractivity contribution is 0.150. The van der Waals surface area contributed by atoms with Gasteiger partial charge < -0.3 is 15.4 Å². The molecule has 1 aliphatic heterocycles. The first-order valence-corrected chi connectivity index (χ1v) is 12.9. The summed E-state index contributed by atoms with van der Waals surface area (Å²) < 4.78 is 8.20. The molecule has 8 heteroatoms. The van der Waals surface area contributed by atoms with Crippen molar-refractivity contribution in [3.63, 3.8) is 0 Å². The van der Waals surface area contributed by atoms with Crippen molar-refractivity contribution in [3.8, 4) is 28.9 Å². The first-order chi connectivity index (χ1) is 19.3. The molecule has 8 nitrogen and oxygen atoms in total. The number of nitrogens with zero attached hydrogens (tertiary/aromatic N) is 5. The molecule has 192 valence electrons. The molecule has 6 rings (SSSR count). The van der Waals surface area contributed by atoms with Gasteiger partial charge in [-0.25, -0.2) is 14.6 Å². The average molecular weight is 514 g/mol. The number of benzene rings is 2. The van der Waals surface area contributed by atoms with Crippen molar-refractivity contribution in [1.82, 2.24) is 25.1 Å². The van der Waals surface area contributed by atoms with Crippen LogP contribution in [0.5, 0.6) is 5.88 Å². The maximum absolute atomic E-state index is 9.04. The molecule has 0 saturated carbocycles. The number of anilines is 1. The van der Waals surface area contributed by atoms with Crippen LogP contribution in [-0.4, -0.2) is 38.9 Å². The van der Waals surface area contributed by atoms with Crippen LogP contribution in [0.1, 0.15) is 22.7 Å². The van der Waals surface area contributed by atoms with Gasteiger partial charge in [0, 0.05) is 29.7 Å². The zero-order chi connectivity index (χ0) is 26.4. The molecule has 0 unspecified atom stereocenters. The van der Waals surface area contributed by atoms with Crippen LogP contribution in [0.4, 0.5) is 5.69 Å². The SMILES string of the molecule is N#Cc1ccc(CCN[C@H](c2ccccc2)[C@@H]2CNc3cc(-c4cnn(-c5ccccn5)c4)cnc3O2)cc1. The second-order valence-electron chi connectivity index (χ2n) is 9.38. The van der Waals surface area contributed by atoms with Gasteiger partial charge in [0.2, 0.25) is 5.88 Å². The highest BCUT2D eigenvalue weighted by atomic mass is 16.5. The molecule has 0 bridgehead atoms. The summed E-state index contributed by atoms with van der Waals surface area (Å²) in [6, 6.07) is 28.0. The molecular weight excluding hydrogens is 486 g/mol. The molecule has 3 aromatic heterocycles. The van der Waals surface area contributed by atoms with Gasteiger partial charge in [0.05, 0.1) is 36.1 Å². The maximum atomic E-state index is 9.04. The molecule has 2 atom stereocenters. The number of nitriles is 1. The van der Waals surface area contributed by atoms with Crippen LogP contribution < -0.4 is 15.4 Å². The Hall–Kier alpha value is -5.00. The third-order valence-corrected chi connectivity index (χ3v) is 6.80. The van der Waals surface area contributed by atoms with E-state index in [0.29, 0.717) is 18.0 Å². The van der Waals surface area contributed by atoms with Gasteiger partial charge in [0.1, 0.15) is 6.10 Å². The Morgan fingerprint density at radius 3 is 2.64 bits per heavy atom. The molecule has 2 N–H and O–H groups in total. The largest absolute Gasteiger partial charge is 0.469 e. The van der Waals surface area contributed by atoms with Crippen LogP contribution in [0.2, 0.25) is 0 Å². The van der Waals surface area contributed by atoms with Gasteiger partial charge in [0.15, 0.2) is 5.82 Å². The van der Waals surface area contributed by atoms with E-state index in [4.69, 9.17) is 10.00 Å². The normalized spacial score (nSPS) is 14.9. The number of hydrogen-bond acceptors (Lipinski definition) is 7. The molecule has 1 aliphatic rings. The summed E-state index contributed by atoms with van der Waals surface area (Å²) in [6.45, 7) is 1.40. The summed E-state index contributed by atoms with van der Waals surface area (Å²) in [7, 11) is 0. The van der Waals surface area contributed by atoms with Crippen LogP contribution >= 0.6 is 0 Å². The van der Waals surface area contributed by atoms with Crippen LogP contribution in [0.15, 0.2) is 104 Å². The van der Waals surface area contributed by atoms with Crippen molar-refractivity contribution in [2.24, 2.45) is 0 Å². The summed E-state index contributed by atoms with van der Waals surface area (Å²) in [5.74, 6) is 1.35. The fraction of sp³-hybridized carbons (Fsp3) is 0.161. The lowest BCUT2D eigenvalue weighted by Gasteiger charge is -2.33. The second kappa shape index (κ2) is 11.2. The zero-order valence-electron chi connectivity index (χ0n) is 21.2. The van der Waals surface area contributed by atoms with Crippen LogP contribution in [-0.2, 0) is 6.42 Å². The molecule has 0 amide bonds. The number of nitrogens with one attached hydrogen (secondary N) is 2. The Bertz CT molecular complexity index is 1580. The van der Waals surface area contributed by atoms with E-state index in [-0.39, 0.29) is 12.1 Å². The molecule has 0 saturated heterocycles. The van der Waals surface area contributed by atoms with E-state index >= 15 is 0 Å². The Balaban J connectivity index is 1.16. The predicted molar refractivity (Wildman–Crippen MR) is 150 cm³/mol. The quantitative estimate of drug-likeness (QED) is 0.303. The van der Waals surface area contributed by atoms with Gasteiger partial charge in [-0.05, 0) is 54.4 Å². The van der Waals surface area contributed by atoms with Gasteiger partial charge in [0.25, 0.3) is 0 Å². The minimum absolute atomic E-state index is 0.0247. The molecule has 39 heavy (non-hydrogen) atoms. The number of fused-ring (bicyclic) bond motifs is 1. The first-order valence-electron chi connectivity index (χ1n) is 12.9. The van der Waals surface area contributed by atoms with E-state index in [1.807, 2.05) is 85.3 Å². The highest BCUT2D eigenvalue weighted by Crippen LogP contribution is 2.34. The standard InChI is InChI=1S/C31H27N7O/c32-17-23-11-9-22(10-12-23)13-15-34-30(24-6-2-1-3-7-24)28-20-35-27-16-25(18-36-31(27)39-28)26-19-37-38(21-26)29-8-4-5-14-33-29/h1-12,14,16,18-19,21,28,30,34-35H,13,15,20H2/t28-,30+/m0/s1. The van der Waals surface area contributed by atoms with Crippen molar-refractivity contribution in [2.75, 3.05) is 18.4 Å². The summed E-state index contributed by atoms with van der Waals surface area (Å²) in [4.78, 5) is 9.01. The molecule has 0 radical (unpaired) electrons. The van der Waals surface area contributed by atoms with E-state index < -0.39 is 0 Å². The minimum Gasteiger partial charge on any atom is -0.469 e. The Morgan fingerprint density at radius 2 is 1.85 bits per heavy atom. The summed E-state index contributed by atoms with van der Waals surface area (Å²) >= 11 is 0. The Morgan fingerprint density at radius 1 is 1.00 bits per heavy atom.